The maximum absolute atomic E-state index is 11.4. The Morgan fingerprint density at radius 2 is 1.86 bits per heavy atom. The summed E-state index contributed by atoms with van der Waals surface area (Å²) in [7, 11) is 1.51. The number of amides is 1. The second kappa shape index (κ2) is 2.97. The van der Waals surface area contributed by atoms with Gasteiger partial charge in [0.05, 0.1) is 16.3 Å². The zero-order valence-electron chi connectivity index (χ0n) is 7.17. The fraction of sp³-hybridized carbons (Fsp3) is 0.111. The largest absolute Gasteiger partial charge is 0.306 e. The van der Waals surface area contributed by atoms with Crippen LogP contribution in [0, 0.1) is 0 Å². The van der Waals surface area contributed by atoms with Gasteiger partial charge in [-0.25, -0.2) is 0 Å². The first-order valence-corrected chi connectivity index (χ1v) is 4.59. The van der Waals surface area contributed by atoms with Gasteiger partial charge in [-0.05, 0) is 12.1 Å². The van der Waals surface area contributed by atoms with Crippen LogP contribution in [0.2, 0.25) is 10.0 Å². The van der Waals surface area contributed by atoms with E-state index in [9.17, 15) is 9.59 Å². The molecule has 0 saturated carbocycles. The minimum Gasteiger partial charge on any atom is -0.306 e. The second-order valence-corrected chi connectivity index (χ2v) is 3.82. The summed E-state index contributed by atoms with van der Waals surface area (Å²) in [6.07, 6.45) is 0. The van der Waals surface area contributed by atoms with E-state index in [0.717, 1.165) is 0 Å². The van der Waals surface area contributed by atoms with Crippen LogP contribution in [-0.4, -0.2) is 18.7 Å². The molecule has 0 bridgehead atoms. The fourth-order valence-corrected chi connectivity index (χ4v) is 2.07. The average molecular weight is 230 g/mol. The highest BCUT2D eigenvalue weighted by molar-refractivity contribution is 6.54. The first-order valence-electron chi connectivity index (χ1n) is 3.84. The van der Waals surface area contributed by atoms with Crippen molar-refractivity contribution in [3.63, 3.8) is 0 Å². The van der Waals surface area contributed by atoms with Crippen LogP contribution in [0.4, 0.5) is 5.69 Å². The molecule has 1 aromatic carbocycles. The summed E-state index contributed by atoms with van der Waals surface area (Å²) in [5, 5.41) is 0.666. The lowest BCUT2D eigenvalue weighted by Crippen LogP contribution is -2.24. The zero-order valence-corrected chi connectivity index (χ0v) is 8.69. The second-order valence-electron chi connectivity index (χ2n) is 2.98. The molecule has 1 heterocycles. The van der Waals surface area contributed by atoms with Crippen molar-refractivity contribution in [2.75, 3.05) is 11.9 Å². The molecule has 0 aromatic heterocycles. The fourth-order valence-electron chi connectivity index (χ4n) is 1.45. The Balaban J connectivity index is 2.75. The molecule has 5 heteroatoms. The number of Topliss-reactive ketones (excluding diaryl/α,β-unsaturated/α-hetero) is 1. The van der Waals surface area contributed by atoms with Gasteiger partial charge in [0.15, 0.2) is 0 Å². The molecule has 0 radical (unpaired) electrons. The Bertz CT molecular complexity index is 456. The Labute approximate surface area is 90.2 Å². The van der Waals surface area contributed by atoms with E-state index in [1.165, 1.54) is 24.1 Å². The number of carbonyl (C=O) groups is 2. The predicted molar refractivity (Wildman–Crippen MR) is 54.2 cm³/mol. The molecule has 0 aliphatic carbocycles. The zero-order chi connectivity index (χ0) is 10.5. The van der Waals surface area contributed by atoms with Crippen LogP contribution in [0.3, 0.4) is 0 Å². The summed E-state index contributed by atoms with van der Waals surface area (Å²) in [6, 6.07) is 2.96. The average Bonchev–Trinajstić information content (AvgIpc) is 2.31. The van der Waals surface area contributed by atoms with Crippen molar-refractivity contribution in [2.24, 2.45) is 0 Å². The number of likely N-dealkylation sites (N-methyl/N-ethyl adjacent to an activating group) is 1. The van der Waals surface area contributed by atoms with Crippen molar-refractivity contribution >= 4 is 40.6 Å². The van der Waals surface area contributed by atoms with Crippen LogP contribution in [0.1, 0.15) is 10.4 Å². The van der Waals surface area contributed by atoms with Gasteiger partial charge < -0.3 is 4.90 Å². The Hall–Kier alpha value is -1.06. The van der Waals surface area contributed by atoms with Crippen molar-refractivity contribution in [3.05, 3.63) is 27.7 Å². The number of benzene rings is 1. The van der Waals surface area contributed by atoms with Crippen LogP contribution < -0.4 is 4.90 Å². The van der Waals surface area contributed by atoms with Gasteiger partial charge in [0, 0.05) is 12.1 Å². The lowest BCUT2D eigenvalue weighted by Gasteiger charge is -2.10. The normalized spacial score (nSPS) is 14.9. The monoisotopic (exact) mass is 229 g/mol. The van der Waals surface area contributed by atoms with Gasteiger partial charge in [-0.2, -0.15) is 0 Å². The van der Waals surface area contributed by atoms with Gasteiger partial charge in [0.2, 0.25) is 0 Å². The third kappa shape index (κ3) is 1.13. The van der Waals surface area contributed by atoms with Crippen molar-refractivity contribution in [1.82, 2.24) is 0 Å². The summed E-state index contributed by atoms with van der Waals surface area (Å²) in [5.74, 6) is -1.14. The molecule has 0 saturated heterocycles. The van der Waals surface area contributed by atoms with Crippen LogP contribution in [0.5, 0.6) is 0 Å². The number of hydrogen-bond acceptors (Lipinski definition) is 2. The van der Waals surface area contributed by atoms with Gasteiger partial charge in [-0.15, -0.1) is 0 Å². The van der Waals surface area contributed by atoms with Gasteiger partial charge in [0.1, 0.15) is 0 Å². The minimum atomic E-state index is -0.579. The molecule has 1 aliphatic rings. The lowest BCUT2D eigenvalue weighted by atomic mass is 10.1. The molecule has 0 unspecified atom stereocenters. The number of hydrogen-bond donors (Lipinski definition) is 0. The number of carbonyl (C=O) groups excluding carboxylic acids is 2. The maximum atomic E-state index is 11.4. The number of fused-ring (bicyclic) bond motifs is 1. The molecule has 1 aromatic rings. The number of halogens is 2. The van der Waals surface area contributed by atoms with Crippen LogP contribution >= 0.6 is 23.2 Å². The van der Waals surface area contributed by atoms with Crippen molar-refractivity contribution < 1.29 is 9.59 Å². The van der Waals surface area contributed by atoms with Crippen molar-refractivity contribution in [2.45, 2.75) is 0 Å². The summed E-state index contributed by atoms with van der Waals surface area (Å²) >= 11 is 11.6. The van der Waals surface area contributed by atoms with Crippen LogP contribution in [-0.2, 0) is 4.79 Å². The maximum Gasteiger partial charge on any atom is 0.299 e. The van der Waals surface area contributed by atoms with Gasteiger partial charge in [-0.3, -0.25) is 9.59 Å². The van der Waals surface area contributed by atoms with E-state index >= 15 is 0 Å². The Morgan fingerprint density at radius 1 is 1.21 bits per heavy atom. The van der Waals surface area contributed by atoms with E-state index in [0.29, 0.717) is 15.7 Å². The third-order valence-electron chi connectivity index (χ3n) is 2.11. The molecule has 0 spiro atoms. The topological polar surface area (TPSA) is 37.4 Å². The van der Waals surface area contributed by atoms with Gasteiger partial charge in [0.25, 0.3) is 11.7 Å². The van der Waals surface area contributed by atoms with Gasteiger partial charge in [-0.1, -0.05) is 23.2 Å². The molecule has 1 amide bonds. The summed E-state index contributed by atoms with van der Waals surface area (Å²) in [4.78, 5) is 23.9. The molecule has 14 heavy (non-hydrogen) atoms. The first-order chi connectivity index (χ1) is 6.52. The van der Waals surface area contributed by atoms with E-state index in [2.05, 4.69) is 0 Å². The van der Waals surface area contributed by atoms with E-state index in [-0.39, 0.29) is 5.56 Å². The first kappa shape index (κ1) is 9.49. The summed E-state index contributed by atoms with van der Waals surface area (Å²) in [6.45, 7) is 0. The lowest BCUT2D eigenvalue weighted by molar-refractivity contribution is -0.114. The quantitative estimate of drug-likeness (QED) is 0.640. The van der Waals surface area contributed by atoms with Crippen molar-refractivity contribution in [1.29, 1.82) is 0 Å². The number of rotatable bonds is 0. The molecule has 0 N–H and O–H groups in total. The number of ketones is 1. The number of nitrogens with zero attached hydrogens (tertiary/aromatic N) is 1. The van der Waals surface area contributed by atoms with E-state index in [4.69, 9.17) is 23.2 Å². The highest BCUT2D eigenvalue weighted by Crippen LogP contribution is 2.37. The van der Waals surface area contributed by atoms with Gasteiger partial charge >= 0.3 is 0 Å². The Kier molecular flexibility index (Phi) is 2.01. The highest BCUT2D eigenvalue weighted by Gasteiger charge is 2.35. The predicted octanol–water partition coefficient (Wildman–Crippen LogP) is 2.15. The summed E-state index contributed by atoms with van der Waals surface area (Å²) in [5.41, 5.74) is 0.709. The van der Waals surface area contributed by atoms with E-state index in [1.807, 2.05) is 0 Å². The smallest absolute Gasteiger partial charge is 0.299 e. The van der Waals surface area contributed by atoms with Crippen LogP contribution in [0.15, 0.2) is 12.1 Å². The van der Waals surface area contributed by atoms with E-state index in [1.54, 1.807) is 0 Å². The molecule has 1 aliphatic heterocycles. The molecule has 0 fully saturated rings. The molecule has 3 nitrogen and oxygen atoms in total. The van der Waals surface area contributed by atoms with E-state index < -0.39 is 11.7 Å². The minimum absolute atomic E-state index is 0.273. The molecular weight excluding hydrogens is 225 g/mol. The molecule has 2 rings (SSSR count). The molecule has 72 valence electrons. The summed E-state index contributed by atoms with van der Waals surface area (Å²) < 4.78 is 0. The SMILES string of the molecule is CN1C(=O)C(=O)c2cc(Cl)cc(Cl)c21. The third-order valence-corrected chi connectivity index (χ3v) is 2.61. The van der Waals surface area contributed by atoms with Crippen LogP contribution in [0.25, 0.3) is 0 Å². The standard InChI is InChI=1S/C9H5Cl2NO2/c1-12-7-5(8(13)9(12)14)2-4(10)3-6(7)11/h2-3H,1H3. The Morgan fingerprint density at radius 3 is 2.50 bits per heavy atom. The molecular formula is C9H5Cl2NO2. The molecule has 0 atom stereocenters. The van der Waals surface area contributed by atoms with Crippen molar-refractivity contribution in [3.8, 4) is 0 Å². The number of anilines is 1. The highest BCUT2D eigenvalue weighted by atomic mass is 35.5.